The van der Waals surface area contributed by atoms with Crippen LogP contribution in [0, 0.1) is 6.92 Å². The average molecular weight is 307 g/mol. The van der Waals surface area contributed by atoms with E-state index in [-0.39, 0.29) is 6.61 Å². The largest absolute Gasteiger partial charge is 0.395 e. The average Bonchev–Trinajstić information content (AvgIpc) is 3.04. The fourth-order valence-corrected chi connectivity index (χ4v) is 3.64. The Kier molecular flexibility index (Phi) is 4.21. The van der Waals surface area contributed by atoms with Crippen LogP contribution in [-0.2, 0) is 25.8 Å². The van der Waals surface area contributed by atoms with E-state index in [1.807, 2.05) is 6.92 Å². The Hall–Kier alpha value is -1.47. The minimum absolute atomic E-state index is 0.163. The molecule has 1 unspecified atom stereocenters. The van der Waals surface area contributed by atoms with E-state index < -0.39 is 0 Å². The number of nitrogens with zero attached hydrogens (tertiary/aromatic N) is 4. The molecule has 2 heterocycles. The van der Waals surface area contributed by atoms with Gasteiger partial charge in [-0.05, 0) is 19.8 Å². The van der Waals surface area contributed by atoms with Crippen LogP contribution < -0.4 is 5.32 Å². The lowest BCUT2D eigenvalue weighted by Crippen LogP contribution is -2.28. The molecule has 0 spiro atoms. The fourth-order valence-electron chi connectivity index (χ4n) is 2.91. The molecule has 0 fully saturated rings. The second-order valence-electron chi connectivity index (χ2n) is 5.38. The number of imidazole rings is 1. The zero-order chi connectivity index (χ0) is 14.8. The molecule has 2 aromatic heterocycles. The number of anilines is 1. The van der Waals surface area contributed by atoms with Crippen LogP contribution in [-0.4, -0.2) is 36.7 Å². The number of nitrogens with one attached hydrogen (secondary N) is 1. The maximum atomic E-state index is 9.16. The van der Waals surface area contributed by atoms with Crippen LogP contribution in [0.3, 0.4) is 0 Å². The van der Waals surface area contributed by atoms with E-state index in [2.05, 4.69) is 31.1 Å². The molecule has 2 N–H and O–H groups in total. The Bertz CT molecular complexity index is 621. The molecule has 0 saturated heterocycles. The van der Waals surface area contributed by atoms with Crippen LogP contribution >= 0.6 is 11.5 Å². The summed E-state index contributed by atoms with van der Waals surface area (Å²) in [5.41, 5.74) is 2.44. The summed E-state index contributed by atoms with van der Waals surface area (Å²) in [6, 6.07) is 0.368. The molecular weight excluding hydrogens is 286 g/mol. The number of aliphatic hydroxyl groups excluding tert-OH is 1. The van der Waals surface area contributed by atoms with E-state index in [1.165, 1.54) is 17.2 Å². The lowest BCUT2D eigenvalue weighted by Gasteiger charge is -2.23. The minimum atomic E-state index is 0.163. The van der Waals surface area contributed by atoms with Gasteiger partial charge in [0.05, 0.1) is 12.3 Å². The SMILES string of the molecule is CCc1nsc(NC2CCc3c(nc(C)n3CCO)C2)n1. The normalized spacial score (nSPS) is 17.8. The molecule has 1 atom stereocenters. The van der Waals surface area contributed by atoms with Crippen LogP contribution in [0.4, 0.5) is 5.13 Å². The Balaban J connectivity index is 1.71. The molecule has 0 saturated carbocycles. The quantitative estimate of drug-likeness (QED) is 0.877. The van der Waals surface area contributed by atoms with Gasteiger partial charge >= 0.3 is 0 Å². The molecule has 0 aromatic carbocycles. The highest BCUT2D eigenvalue weighted by Gasteiger charge is 2.24. The maximum Gasteiger partial charge on any atom is 0.202 e. The van der Waals surface area contributed by atoms with Gasteiger partial charge in [0, 0.05) is 42.7 Å². The van der Waals surface area contributed by atoms with Crippen LogP contribution in [0.2, 0.25) is 0 Å². The molecule has 0 radical (unpaired) electrons. The summed E-state index contributed by atoms with van der Waals surface area (Å²) in [5.74, 6) is 1.90. The topological polar surface area (TPSA) is 75.9 Å². The third kappa shape index (κ3) is 2.94. The Morgan fingerprint density at radius 1 is 1.43 bits per heavy atom. The number of aryl methyl sites for hydroxylation is 2. The van der Waals surface area contributed by atoms with Crippen molar-refractivity contribution in [1.82, 2.24) is 18.9 Å². The van der Waals surface area contributed by atoms with Crippen LogP contribution in [0.25, 0.3) is 0 Å². The Morgan fingerprint density at radius 2 is 2.29 bits per heavy atom. The molecule has 2 aromatic rings. The Labute approximate surface area is 128 Å². The van der Waals surface area contributed by atoms with Gasteiger partial charge < -0.3 is 15.0 Å². The second kappa shape index (κ2) is 6.11. The van der Waals surface area contributed by atoms with Gasteiger partial charge in [-0.1, -0.05) is 6.92 Å². The summed E-state index contributed by atoms with van der Waals surface area (Å²) in [7, 11) is 0. The van der Waals surface area contributed by atoms with E-state index in [0.29, 0.717) is 12.6 Å². The van der Waals surface area contributed by atoms with Crippen molar-refractivity contribution in [3.8, 4) is 0 Å². The van der Waals surface area contributed by atoms with Gasteiger partial charge in [-0.25, -0.2) is 9.97 Å². The number of hydrogen-bond acceptors (Lipinski definition) is 6. The molecule has 0 bridgehead atoms. The molecule has 7 heteroatoms. The van der Waals surface area contributed by atoms with Crippen molar-refractivity contribution in [1.29, 1.82) is 0 Å². The van der Waals surface area contributed by atoms with Crippen molar-refractivity contribution in [2.75, 3.05) is 11.9 Å². The number of hydrogen-bond donors (Lipinski definition) is 2. The van der Waals surface area contributed by atoms with Gasteiger partial charge in [0.15, 0.2) is 0 Å². The summed E-state index contributed by atoms with van der Waals surface area (Å²) >= 11 is 1.43. The van der Waals surface area contributed by atoms with E-state index in [9.17, 15) is 0 Å². The lowest BCUT2D eigenvalue weighted by atomic mass is 9.96. The van der Waals surface area contributed by atoms with Crippen LogP contribution in [0.5, 0.6) is 0 Å². The predicted molar refractivity (Wildman–Crippen MR) is 82.8 cm³/mol. The summed E-state index contributed by atoms with van der Waals surface area (Å²) in [6.07, 6.45) is 3.84. The van der Waals surface area contributed by atoms with Gasteiger partial charge in [0.2, 0.25) is 5.13 Å². The minimum Gasteiger partial charge on any atom is -0.395 e. The monoisotopic (exact) mass is 307 g/mol. The highest BCUT2D eigenvalue weighted by Crippen LogP contribution is 2.25. The predicted octanol–water partition coefficient (Wildman–Crippen LogP) is 1.57. The van der Waals surface area contributed by atoms with Crippen LogP contribution in [0.1, 0.15) is 36.4 Å². The maximum absolute atomic E-state index is 9.16. The van der Waals surface area contributed by atoms with Crippen molar-refractivity contribution < 1.29 is 5.11 Å². The first kappa shape index (κ1) is 14.5. The lowest BCUT2D eigenvalue weighted by molar-refractivity contribution is 0.272. The highest BCUT2D eigenvalue weighted by molar-refractivity contribution is 7.09. The van der Waals surface area contributed by atoms with E-state index in [4.69, 9.17) is 5.11 Å². The van der Waals surface area contributed by atoms with Gasteiger partial charge in [0.1, 0.15) is 11.6 Å². The zero-order valence-electron chi connectivity index (χ0n) is 12.5. The Morgan fingerprint density at radius 3 is 3.00 bits per heavy atom. The van der Waals surface area contributed by atoms with Gasteiger partial charge in [0.25, 0.3) is 0 Å². The molecule has 3 rings (SSSR count). The second-order valence-corrected chi connectivity index (χ2v) is 6.13. The van der Waals surface area contributed by atoms with Gasteiger partial charge in [-0.2, -0.15) is 4.37 Å². The van der Waals surface area contributed by atoms with Crippen molar-refractivity contribution in [3.63, 3.8) is 0 Å². The molecule has 1 aliphatic carbocycles. The fraction of sp³-hybridized carbons (Fsp3) is 0.643. The molecule has 21 heavy (non-hydrogen) atoms. The summed E-state index contributed by atoms with van der Waals surface area (Å²) in [4.78, 5) is 9.13. The van der Waals surface area contributed by atoms with Crippen molar-refractivity contribution in [2.45, 2.75) is 52.1 Å². The molecule has 0 amide bonds. The van der Waals surface area contributed by atoms with Gasteiger partial charge in [-0.3, -0.25) is 0 Å². The molecule has 114 valence electrons. The van der Waals surface area contributed by atoms with E-state index in [0.717, 1.165) is 48.2 Å². The summed E-state index contributed by atoms with van der Waals surface area (Å²) in [5, 5.41) is 13.6. The van der Waals surface area contributed by atoms with Crippen molar-refractivity contribution in [3.05, 3.63) is 23.0 Å². The molecular formula is C14H21N5OS. The highest BCUT2D eigenvalue weighted by atomic mass is 32.1. The summed E-state index contributed by atoms with van der Waals surface area (Å²) < 4.78 is 6.45. The first-order valence-electron chi connectivity index (χ1n) is 7.46. The number of rotatable bonds is 5. The standard InChI is InChI=1S/C14H21N5OS/c1-3-13-17-14(21-18-13)16-10-4-5-12-11(8-10)15-9(2)19(12)6-7-20/h10,20H,3-8H2,1-2H3,(H,16,17,18). The van der Waals surface area contributed by atoms with Crippen molar-refractivity contribution >= 4 is 16.7 Å². The number of aromatic nitrogens is 4. The third-order valence-electron chi connectivity index (χ3n) is 3.95. The molecule has 1 aliphatic rings. The first-order chi connectivity index (χ1) is 10.2. The first-order valence-corrected chi connectivity index (χ1v) is 8.23. The van der Waals surface area contributed by atoms with Gasteiger partial charge in [-0.15, -0.1) is 0 Å². The molecule has 6 nitrogen and oxygen atoms in total. The summed E-state index contributed by atoms with van der Waals surface area (Å²) in [6.45, 7) is 4.88. The van der Waals surface area contributed by atoms with E-state index in [1.54, 1.807) is 0 Å². The third-order valence-corrected chi connectivity index (χ3v) is 4.64. The van der Waals surface area contributed by atoms with Crippen molar-refractivity contribution in [2.24, 2.45) is 0 Å². The molecule has 0 aliphatic heterocycles. The zero-order valence-corrected chi connectivity index (χ0v) is 13.3. The smallest absolute Gasteiger partial charge is 0.202 e. The van der Waals surface area contributed by atoms with Crippen LogP contribution in [0.15, 0.2) is 0 Å². The number of fused-ring (bicyclic) bond motifs is 1. The number of aliphatic hydroxyl groups is 1. The van der Waals surface area contributed by atoms with E-state index >= 15 is 0 Å².